The smallest absolute Gasteiger partial charge is 0.261 e. The number of hydrogen-bond acceptors (Lipinski definition) is 4. The minimum absolute atomic E-state index is 0.155. The number of anilines is 2. The van der Waals surface area contributed by atoms with Crippen LogP contribution in [0.15, 0.2) is 65.8 Å². The van der Waals surface area contributed by atoms with Gasteiger partial charge in [-0.15, -0.1) is 0 Å². The van der Waals surface area contributed by atoms with Crippen LogP contribution in [0.25, 0.3) is 22.2 Å². The Morgan fingerprint density at radius 3 is 2.61 bits per heavy atom. The van der Waals surface area contributed by atoms with E-state index in [1.807, 2.05) is 20.2 Å². The van der Waals surface area contributed by atoms with Crippen molar-refractivity contribution in [3.63, 3.8) is 0 Å². The molecule has 6 nitrogen and oxygen atoms in total. The van der Waals surface area contributed by atoms with E-state index in [4.69, 9.17) is 0 Å². The largest absolute Gasteiger partial charge is 0.374 e. The van der Waals surface area contributed by atoms with Crippen molar-refractivity contribution in [2.24, 2.45) is 7.05 Å². The SMILES string of the molecule is CN1CCc2cc(F)c(-c3cn(C)c4nccc(NS(=O)(=O)c5ccccc5)c34)cc21. The lowest BCUT2D eigenvalue weighted by atomic mass is 10.0. The lowest BCUT2D eigenvalue weighted by Gasteiger charge is -2.14. The number of likely N-dealkylation sites (N-methyl/N-ethyl adjacent to an activating group) is 1. The third-order valence-electron chi connectivity index (χ3n) is 5.74. The fourth-order valence-corrected chi connectivity index (χ4v) is 5.26. The van der Waals surface area contributed by atoms with Gasteiger partial charge in [0.2, 0.25) is 0 Å². The average Bonchev–Trinajstić information content (AvgIpc) is 3.28. The van der Waals surface area contributed by atoms with Crippen molar-refractivity contribution < 1.29 is 12.8 Å². The monoisotopic (exact) mass is 436 g/mol. The zero-order chi connectivity index (χ0) is 21.8. The molecule has 1 N–H and O–H groups in total. The number of fused-ring (bicyclic) bond motifs is 2. The van der Waals surface area contributed by atoms with Gasteiger partial charge >= 0.3 is 0 Å². The summed E-state index contributed by atoms with van der Waals surface area (Å²) in [5.41, 5.74) is 3.91. The predicted molar refractivity (Wildman–Crippen MR) is 120 cm³/mol. The Hall–Kier alpha value is -3.39. The molecule has 0 amide bonds. The molecule has 0 atom stereocenters. The van der Waals surface area contributed by atoms with Crippen LogP contribution in [0.5, 0.6) is 0 Å². The highest BCUT2D eigenvalue weighted by molar-refractivity contribution is 7.92. The number of sulfonamides is 1. The van der Waals surface area contributed by atoms with Gasteiger partial charge < -0.3 is 9.47 Å². The molecule has 0 saturated heterocycles. The Morgan fingerprint density at radius 2 is 1.84 bits per heavy atom. The van der Waals surface area contributed by atoms with Crippen LogP contribution in [-0.2, 0) is 23.5 Å². The molecule has 3 heterocycles. The summed E-state index contributed by atoms with van der Waals surface area (Å²) in [7, 11) is -0.0170. The van der Waals surface area contributed by atoms with Crippen LogP contribution >= 0.6 is 0 Å². The maximum atomic E-state index is 15.1. The zero-order valence-corrected chi connectivity index (χ0v) is 17.9. The number of rotatable bonds is 4. The van der Waals surface area contributed by atoms with Crippen LogP contribution in [0.4, 0.5) is 15.8 Å². The summed E-state index contributed by atoms with van der Waals surface area (Å²) in [5.74, 6) is -0.331. The Kier molecular flexibility index (Phi) is 4.48. The van der Waals surface area contributed by atoms with E-state index in [2.05, 4.69) is 14.6 Å². The molecule has 0 saturated carbocycles. The molecule has 8 heteroatoms. The van der Waals surface area contributed by atoms with E-state index < -0.39 is 10.0 Å². The summed E-state index contributed by atoms with van der Waals surface area (Å²) in [5, 5.41) is 0.559. The van der Waals surface area contributed by atoms with Gasteiger partial charge in [-0.25, -0.2) is 17.8 Å². The molecule has 2 aromatic carbocycles. The second-order valence-corrected chi connectivity index (χ2v) is 9.44. The number of benzene rings is 2. The van der Waals surface area contributed by atoms with Gasteiger partial charge in [0.25, 0.3) is 10.0 Å². The molecule has 0 bridgehead atoms. The van der Waals surface area contributed by atoms with Crippen LogP contribution in [0.1, 0.15) is 5.56 Å². The maximum absolute atomic E-state index is 15.1. The first-order valence-corrected chi connectivity index (χ1v) is 11.4. The second kappa shape index (κ2) is 7.09. The highest BCUT2D eigenvalue weighted by Gasteiger charge is 2.24. The molecule has 0 fully saturated rings. The standard InChI is InChI=1S/C23H21FN4O2S/c1-27-11-9-15-12-19(24)17(13-21(15)27)18-14-28(2)23-22(18)20(8-10-25-23)26-31(29,30)16-6-4-3-5-7-16/h3-8,10,12-14H,9,11H2,1-2H3,(H,25,26). The molecule has 158 valence electrons. The number of aryl methyl sites for hydroxylation is 1. The first-order chi connectivity index (χ1) is 14.8. The first-order valence-electron chi connectivity index (χ1n) is 9.91. The number of aromatic nitrogens is 2. The van der Waals surface area contributed by atoms with E-state index in [1.165, 1.54) is 12.1 Å². The minimum Gasteiger partial charge on any atom is -0.374 e. The lowest BCUT2D eigenvalue weighted by Crippen LogP contribution is -2.13. The number of hydrogen-bond donors (Lipinski definition) is 1. The molecule has 5 rings (SSSR count). The molecule has 0 radical (unpaired) electrons. The van der Waals surface area contributed by atoms with E-state index in [1.54, 1.807) is 47.3 Å². The lowest BCUT2D eigenvalue weighted by molar-refractivity contribution is 0.601. The van der Waals surface area contributed by atoms with Crippen molar-refractivity contribution in [1.29, 1.82) is 0 Å². The van der Waals surface area contributed by atoms with E-state index in [9.17, 15) is 8.42 Å². The second-order valence-electron chi connectivity index (χ2n) is 7.76. The summed E-state index contributed by atoms with van der Waals surface area (Å²) in [6.07, 6.45) is 4.14. The van der Waals surface area contributed by atoms with E-state index in [-0.39, 0.29) is 10.7 Å². The highest BCUT2D eigenvalue weighted by atomic mass is 32.2. The van der Waals surface area contributed by atoms with Crippen LogP contribution in [0.3, 0.4) is 0 Å². The molecule has 0 spiro atoms. The topological polar surface area (TPSA) is 67.2 Å². The van der Waals surface area contributed by atoms with Crippen molar-refractivity contribution in [3.8, 4) is 11.1 Å². The van der Waals surface area contributed by atoms with Gasteiger partial charge in [-0.3, -0.25) is 4.72 Å². The Labute approximate surface area is 180 Å². The van der Waals surface area contributed by atoms with Crippen LogP contribution in [0, 0.1) is 5.82 Å². The normalized spacial score (nSPS) is 13.6. The molecular formula is C23H21FN4O2S. The molecule has 4 aromatic rings. The van der Waals surface area contributed by atoms with Crippen molar-refractivity contribution in [1.82, 2.24) is 9.55 Å². The summed E-state index contributed by atoms with van der Waals surface area (Å²) in [6, 6.07) is 13.2. The summed E-state index contributed by atoms with van der Waals surface area (Å²) in [6.45, 7) is 0.845. The van der Waals surface area contributed by atoms with Gasteiger partial charge in [0.05, 0.1) is 16.0 Å². The Morgan fingerprint density at radius 1 is 1.06 bits per heavy atom. The van der Waals surface area contributed by atoms with Crippen molar-refractivity contribution in [2.45, 2.75) is 11.3 Å². The molecule has 31 heavy (non-hydrogen) atoms. The van der Waals surface area contributed by atoms with Gasteiger partial charge in [-0.1, -0.05) is 18.2 Å². The fraction of sp³-hybridized carbons (Fsp3) is 0.174. The van der Waals surface area contributed by atoms with Crippen molar-refractivity contribution in [2.75, 3.05) is 23.2 Å². The average molecular weight is 437 g/mol. The number of nitrogens with zero attached hydrogens (tertiary/aromatic N) is 3. The van der Waals surface area contributed by atoms with Gasteiger partial charge in [0.1, 0.15) is 11.5 Å². The predicted octanol–water partition coefficient (Wildman–Crippen LogP) is 4.17. The van der Waals surface area contributed by atoms with Gasteiger partial charge in [-0.05, 0) is 42.3 Å². The Balaban J connectivity index is 1.70. The van der Waals surface area contributed by atoms with Crippen LogP contribution in [-0.4, -0.2) is 31.6 Å². The van der Waals surface area contributed by atoms with Crippen LogP contribution < -0.4 is 9.62 Å². The number of nitrogens with one attached hydrogen (secondary N) is 1. The highest BCUT2D eigenvalue weighted by Crippen LogP contribution is 2.40. The molecule has 2 aromatic heterocycles. The fourth-order valence-electron chi connectivity index (χ4n) is 4.17. The van der Waals surface area contributed by atoms with E-state index >= 15 is 4.39 Å². The minimum atomic E-state index is -3.81. The summed E-state index contributed by atoms with van der Waals surface area (Å²) >= 11 is 0. The van der Waals surface area contributed by atoms with Gasteiger partial charge in [-0.2, -0.15) is 0 Å². The van der Waals surface area contributed by atoms with Crippen molar-refractivity contribution >= 4 is 32.4 Å². The summed E-state index contributed by atoms with van der Waals surface area (Å²) in [4.78, 5) is 6.66. The van der Waals surface area contributed by atoms with Gasteiger partial charge in [0, 0.05) is 49.8 Å². The van der Waals surface area contributed by atoms with Crippen LogP contribution in [0.2, 0.25) is 0 Å². The number of halogens is 1. The van der Waals surface area contributed by atoms with E-state index in [0.29, 0.717) is 27.8 Å². The van der Waals surface area contributed by atoms with Crippen molar-refractivity contribution in [3.05, 3.63) is 72.3 Å². The zero-order valence-electron chi connectivity index (χ0n) is 17.1. The van der Waals surface area contributed by atoms with E-state index in [0.717, 1.165) is 24.2 Å². The maximum Gasteiger partial charge on any atom is 0.261 e. The molecule has 1 aliphatic heterocycles. The van der Waals surface area contributed by atoms with Gasteiger partial charge in [0.15, 0.2) is 0 Å². The Bertz CT molecular complexity index is 1410. The third-order valence-corrected chi connectivity index (χ3v) is 7.12. The third kappa shape index (κ3) is 3.23. The quantitative estimate of drug-likeness (QED) is 0.521. The molecular weight excluding hydrogens is 415 g/mol. The molecule has 0 aliphatic carbocycles. The first kappa shape index (κ1) is 19.6. The number of pyridine rings is 1. The summed E-state index contributed by atoms with van der Waals surface area (Å²) < 4.78 is 45.5. The molecule has 1 aliphatic rings. The molecule has 0 unspecified atom stereocenters.